The molecule has 9 heteroatoms. The van der Waals surface area contributed by atoms with Gasteiger partial charge in [0, 0.05) is 32.6 Å². The van der Waals surface area contributed by atoms with E-state index in [0.29, 0.717) is 24.5 Å². The smallest absolute Gasteiger partial charge is 0.229 e. The predicted octanol–water partition coefficient (Wildman–Crippen LogP) is 0.0263. The molecule has 2 aliphatic rings. The van der Waals surface area contributed by atoms with Crippen LogP contribution in [0, 0.1) is 5.92 Å². The second kappa shape index (κ2) is 7.35. The fourth-order valence-corrected chi connectivity index (χ4v) is 3.98. The Morgan fingerprint density at radius 3 is 2.76 bits per heavy atom. The number of hydrogen-bond donors (Lipinski definition) is 2. The number of nitrogens with zero attached hydrogens (tertiary/aromatic N) is 4. The highest BCUT2D eigenvalue weighted by atomic mass is 32.1. The van der Waals surface area contributed by atoms with Crippen LogP contribution >= 0.6 is 11.3 Å². The zero-order valence-electron chi connectivity index (χ0n) is 14.7. The molecule has 3 heterocycles. The number of amides is 2. The van der Waals surface area contributed by atoms with Crippen LogP contribution in [0.25, 0.3) is 0 Å². The lowest BCUT2D eigenvalue weighted by Crippen LogP contribution is -2.51. The summed E-state index contributed by atoms with van der Waals surface area (Å²) in [6.45, 7) is 4.19. The number of likely N-dealkylation sites (tertiary alicyclic amines) is 1. The van der Waals surface area contributed by atoms with Crippen molar-refractivity contribution in [3.05, 3.63) is 5.01 Å². The summed E-state index contributed by atoms with van der Waals surface area (Å²) in [6.07, 6.45) is 2.24. The van der Waals surface area contributed by atoms with Crippen LogP contribution in [0.4, 0.5) is 5.13 Å². The van der Waals surface area contributed by atoms with Crippen LogP contribution in [-0.4, -0.2) is 70.8 Å². The van der Waals surface area contributed by atoms with Gasteiger partial charge in [-0.3, -0.25) is 14.5 Å². The van der Waals surface area contributed by atoms with Gasteiger partial charge >= 0.3 is 0 Å². The van der Waals surface area contributed by atoms with E-state index in [1.165, 1.54) is 11.3 Å². The molecule has 0 aliphatic carbocycles. The zero-order valence-corrected chi connectivity index (χ0v) is 15.5. The van der Waals surface area contributed by atoms with E-state index < -0.39 is 11.5 Å². The van der Waals surface area contributed by atoms with E-state index in [1.54, 1.807) is 4.90 Å². The molecule has 0 aromatic carbocycles. The third-order valence-electron chi connectivity index (χ3n) is 4.99. The summed E-state index contributed by atoms with van der Waals surface area (Å²) in [5.74, 6) is -0.684. The molecule has 2 amide bonds. The van der Waals surface area contributed by atoms with Crippen molar-refractivity contribution in [3.8, 4) is 0 Å². The molecular formula is C16H25N5O3S. The van der Waals surface area contributed by atoms with Crippen molar-refractivity contribution in [2.45, 2.75) is 38.2 Å². The van der Waals surface area contributed by atoms with Crippen LogP contribution in [0.1, 0.15) is 31.2 Å². The van der Waals surface area contributed by atoms with Gasteiger partial charge in [-0.15, -0.1) is 10.2 Å². The van der Waals surface area contributed by atoms with Crippen molar-refractivity contribution < 1.29 is 14.7 Å². The number of piperidine rings is 1. The summed E-state index contributed by atoms with van der Waals surface area (Å²) >= 11 is 1.39. The second-order valence-electron chi connectivity index (χ2n) is 6.98. The summed E-state index contributed by atoms with van der Waals surface area (Å²) in [5.41, 5.74) is -0.847. The molecule has 1 aromatic heterocycles. The number of aliphatic hydroxyl groups is 1. The average Bonchev–Trinajstić information content (AvgIpc) is 3.22. The minimum absolute atomic E-state index is 0.100. The van der Waals surface area contributed by atoms with Gasteiger partial charge in [-0.1, -0.05) is 18.3 Å². The molecule has 0 radical (unpaired) electrons. The fraction of sp³-hybridized carbons (Fsp3) is 0.750. The zero-order chi connectivity index (χ0) is 18.0. The molecule has 1 atom stereocenters. The summed E-state index contributed by atoms with van der Waals surface area (Å²) < 4.78 is 0. The van der Waals surface area contributed by atoms with Gasteiger partial charge in [0.05, 0.1) is 11.5 Å². The monoisotopic (exact) mass is 367 g/mol. The Balaban J connectivity index is 1.54. The fourth-order valence-electron chi connectivity index (χ4n) is 3.17. The summed E-state index contributed by atoms with van der Waals surface area (Å²) in [4.78, 5) is 28.4. The van der Waals surface area contributed by atoms with Gasteiger partial charge < -0.3 is 15.3 Å². The average molecular weight is 367 g/mol. The van der Waals surface area contributed by atoms with Crippen molar-refractivity contribution in [1.82, 2.24) is 20.4 Å². The maximum atomic E-state index is 12.4. The highest BCUT2D eigenvalue weighted by Gasteiger charge is 2.38. The third kappa shape index (κ3) is 4.16. The first-order chi connectivity index (χ1) is 11.9. The van der Waals surface area contributed by atoms with E-state index in [0.717, 1.165) is 24.5 Å². The van der Waals surface area contributed by atoms with E-state index in [9.17, 15) is 14.7 Å². The highest BCUT2D eigenvalue weighted by molar-refractivity contribution is 7.15. The molecule has 3 rings (SSSR count). The summed E-state index contributed by atoms with van der Waals surface area (Å²) in [7, 11) is 2.02. The molecule has 2 aliphatic heterocycles. The number of hydrogen-bond acceptors (Lipinski definition) is 7. The minimum atomic E-state index is -0.847. The van der Waals surface area contributed by atoms with Gasteiger partial charge in [-0.05, 0) is 26.3 Å². The number of carbonyl (C=O) groups excluding carboxylic acids is 2. The van der Waals surface area contributed by atoms with Crippen LogP contribution in [0.3, 0.4) is 0 Å². The predicted molar refractivity (Wildman–Crippen MR) is 94.4 cm³/mol. The van der Waals surface area contributed by atoms with E-state index in [4.69, 9.17) is 0 Å². The van der Waals surface area contributed by atoms with Gasteiger partial charge in [-0.25, -0.2) is 0 Å². The Bertz CT molecular complexity index is 641. The topological polar surface area (TPSA) is 98.7 Å². The standard InChI is InChI=1S/C16H25N5O3S/c1-3-12-18-19-15(25-12)21-9-11(8-13(21)22)14(23)17-10-16(24)4-6-20(2)7-5-16/h11,24H,3-10H2,1-2H3,(H,17,23). The number of carbonyl (C=O) groups is 2. The van der Waals surface area contributed by atoms with Crippen LogP contribution < -0.4 is 10.2 Å². The maximum absolute atomic E-state index is 12.4. The van der Waals surface area contributed by atoms with Gasteiger partial charge in [0.25, 0.3) is 0 Å². The lowest BCUT2D eigenvalue weighted by Gasteiger charge is -2.36. The first-order valence-corrected chi connectivity index (χ1v) is 9.53. The first kappa shape index (κ1) is 18.2. The molecule has 25 heavy (non-hydrogen) atoms. The molecule has 0 spiro atoms. The van der Waals surface area contributed by atoms with Crippen LogP contribution in [0.5, 0.6) is 0 Å². The Morgan fingerprint density at radius 2 is 2.12 bits per heavy atom. The first-order valence-electron chi connectivity index (χ1n) is 8.71. The molecule has 0 bridgehead atoms. The normalized spacial score (nSPS) is 23.9. The van der Waals surface area contributed by atoms with Gasteiger partial charge in [0.1, 0.15) is 5.01 Å². The van der Waals surface area contributed by atoms with Crippen molar-refractivity contribution >= 4 is 28.3 Å². The molecular weight excluding hydrogens is 342 g/mol. The Hall–Kier alpha value is -1.58. The van der Waals surface area contributed by atoms with Crippen molar-refractivity contribution in [2.75, 3.05) is 38.1 Å². The molecule has 1 unspecified atom stereocenters. The molecule has 1 aromatic rings. The summed E-state index contributed by atoms with van der Waals surface area (Å²) in [5, 5.41) is 22.9. The molecule has 2 saturated heterocycles. The second-order valence-corrected chi connectivity index (χ2v) is 8.02. The number of anilines is 1. The van der Waals surface area contributed by atoms with Gasteiger partial charge in [0.2, 0.25) is 16.9 Å². The highest BCUT2D eigenvalue weighted by Crippen LogP contribution is 2.28. The Labute approximate surface area is 151 Å². The lowest BCUT2D eigenvalue weighted by atomic mass is 9.91. The Kier molecular flexibility index (Phi) is 5.35. The third-order valence-corrected chi connectivity index (χ3v) is 6.09. The minimum Gasteiger partial charge on any atom is -0.388 e. The SMILES string of the molecule is CCc1nnc(N2CC(C(=O)NCC3(O)CCN(C)CC3)CC2=O)s1. The van der Waals surface area contributed by atoms with Crippen molar-refractivity contribution in [1.29, 1.82) is 0 Å². The van der Waals surface area contributed by atoms with Crippen LogP contribution in [-0.2, 0) is 16.0 Å². The van der Waals surface area contributed by atoms with E-state index in [-0.39, 0.29) is 24.8 Å². The molecule has 8 nitrogen and oxygen atoms in total. The largest absolute Gasteiger partial charge is 0.388 e. The molecule has 0 saturated carbocycles. The van der Waals surface area contributed by atoms with E-state index in [2.05, 4.69) is 20.4 Å². The maximum Gasteiger partial charge on any atom is 0.229 e. The van der Waals surface area contributed by atoms with Crippen molar-refractivity contribution in [2.24, 2.45) is 5.92 Å². The Morgan fingerprint density at radius 1 is 1.40 bits per heavy atom. The number of nitrogens with one attached hydrogen (secondary N) is 1. The van der Waals surface area contributed by atoms with Gasteiger partial charge in [-0.2, -0.15) is 0 Å². The van der Waals surface area contributed by atoms with E-state index in [1.807, 2.05) is 14.0 Å². The van der Waals surface area contributed by atoms with Crippen LogP contribution in [0.2, 0.25) is 0 Å². The molecule has 2 fully saturated rings. The van der Waals surface area contributed by atoms with Crippen molar-refractivity contribution in [3.63, 3.8) is 0 Å². The quantitative estimate of drug-likeness (QED) is 0.762. The van der Waals surface area contributed by atoms with Gasteiger partial charge in [0.15, 0.2) is 0 Å². The molecule has 2 N–H and O–H groups in total. The molecule has 138 valence electrons. The number of aryl methyl sites for hydroxylation is 1. The number of rotatable bonds is 5. The lowest BCUT2D eigenvalue weighted by molar-refractivity contribution is -0.127. The van der Waals surface area contributed by atoms with E-state index >= 15 is 0 Å². The summed E-state index contributed by atoms with van der Waals surface area (Å²) in [6, 6.07) is 0. The van der Waals surface area contributed by atoms with Crippen LogP contribution in [0.15, 0.2) is 0 Å². The number of aromatic nitrogens is 2.